The molecule has 0 radical (unpaired) electrons. The fourth-order valence-corrected chi connectivity index (χ4v) is 2.47. The van der Waals surface area contributed by atoms with E-state index in [4.69, 9.17) is 9.47 Å². The van der Waals surface area contributed by atoms with E-state index in [2.05, 4.69) is 12.1 Å². The van der Waals surface area contributed by atoms with Crippen molar-refractivity contribution in [2.24, 2.45) is 0 Å². The Morgan fingerprint density at radius 1 is 1.00 bits per heavy atom. The Kier molecular flexibility index (Phi) is 6.82. The van der Waals surface area contributed by atoms with Crippen LogP contribution in [0, 0.1) is 0 Å². The normalized spacial score (nSPS) is 11.9. The first-order valence-corrected chi connectivity index (χ1v) is 7.95. The van der Waals surface area contributed by atoms with E-state index in [0.29, 0.717) is 13.0 Å². The average molecular weight is 312 g/mol. The van der Waals surface area contributed by atoms with Crippen LogP contribution in [0.2, 0.25) is 0 Å². The number of carbonyl (C=O) groups excluding carboxylic acids is 1. The van der Waals surface area contributed by atoms with Gasteiger partial charge >= 0.3 is 0 Å². The van der Waals surface area contributed by atoms with Gasteiger partial charge in [-0.05, 0) is 43.0 Å². The van der Waals surface area contributed by atoms with E-state index in [1.165, 1.54) is 5.56 Å². The summed E-state index contributed by atoms with van der Waals surface area (Å²) in [7, 11) is 1.65. The SMILES string of the molecule is COc1ccc(CO[C@@H](CCc2ccccc2)CC(C)=O)cc1. The van der Waals surface area contributed by atoms with Gasteiger partial charge in [-0.1, -0.05) is 42.5 Å². The number of methoxy groups -OCH3 is 1. The molecule has 0 aliphatic rings. The highest BCUT2D eigenvalue weighted by molar-refractivity contribution is 5.75. The highest BCUT2D eigenvalue weighted by Gasteiger charge is 2.12. The number of hydrogen-bond acceptors (Lipinski definition) is 3. The molecule has 2 rings (SSSR count). The summed E-state index contributed by atoms with van der Waals surface area (Å²) in [5, 5.41) is 0. The Morgan fingerprint density at radius 3 is 2.30 bits per heavy atom. The van der Waals surface area contributed by atoms with Crippen LogP contribution in [0.15, 0.2) is 54.6 Å². The predicted molar refractivity (Wildman–Crippen MR) is 91.6 cm³/mol. The lowest BCUT2D eigenvalue weighted by Gasteiger charge is -2.17. The first kappa shape index (κ1) is 17.2. The number of ketones is 1. The quantitative estimate of drug-likeness (QED) is 0.696. The minimum atomic E-state index is -0.0465. The third kappa shape index (κ3) is 6.25. The number of rotatable bonds is 9. The number of Topliss-reactive ketones (excluding diaryl/α,β-unsaturated/α-hetero) is 1. The van der Waals surface area contributed by atoms with Crippen LogP contribution in [0.25, 0.3) is 0 Å². The van der Waals surface area contributed by atoms with Gasteiger partial charge in [0.1, 0.15) is 11.5 Å². The molecule has 0 fully saturated rings. The monoisotopic (exact) mass is 312 g/mol. The van der Waals surface area contributed by atoms with Gasteiger partial charge in [0, 0.05) is 6.42 Å². The molecular formula is C20H24O3. The molecule has 0 aliphatic carbocycles. The third-order valence-corrected chi connectivity index (χ3v) is 3.76. The van der Waals surface area contributed by atoms with Crippen molar-refractivity contribution in [1.29, 1.82) is 0 Å². The maximum atomic E-state index is 11.5. The Bertz CT molecular complexity index is 590. The Hall–Kier alpha value is -2.13. The van der Waals surface area contributed by atoms with Crippen LogP contribution >= 0.6 is 0 Å². The van der Waals surface area contributed by atoms with Gasteiger partial charge in [-0.2, -0.15) is 0 Å². The largest absolute Gasteiger partial charge is 0.497 e. The van der Waals surface area contributed by atoms with Crippen molar-refractivity contribution in [2.45, 2.75) is 38.9 Å². The average Bonchev–Trinajstić information content (AvgIpc) is 2.58. The molecule has 1 atom stereocenters. The van der Waals surface area contributed by atoms with Crippen LogP contribution in [0.5, 0.6) is 5.75 Å². The molecule has 0 aromatic heterocycles. The van der Waals surface area contributed by atoms with Gasteiger partial charge in [-0.25, -0.2) is 0 Å². The smallest absolute Gasteiger partial charge is 0.132 e. The van der Waals surface area contributed by atoms with Crippen LogP contribution in [-0.2, 0) is 22.6 Å². The highest BCUT2D eigenvalue weighted by atomic mass is 16.5. The molecule has 122 valence electrons. The molecule has 0 saturated heterocycles. The number of benzene rings is 2. The molecule has 3 nitrogen and oxygen atoms in total. The molecule has 3 heteroatoms. The van der Waals surface area contributed by atoms with Gasteiger partial charge in [0.15, 0.2) is 0 Å². The lowest BCUT2D eigenvalue weighted by molar-refractivity contribution is -0.120. The summed E-state index contributed by atoms with van der Waals surface area (Å²) < 4.78 is 11.1. The fourth-order valence-electron chi connectivity index (χ4n) is 2.47. The zero-order valence-corrected chi connectivity index (χ0v) is 13.8. The van der Waals surface area contributed by atoms with Gasteiger partial charge < -0.3 is 9.47 Å². The summed E-state index contributed by atoms with van der Waals surface area (Å²) in [6, 6.07) is 18.1. The summed E-state index contributed by atoms with van der Waals surface area (Å²) in [6.45, 7) is 2.13. The minimum absolute atomic E-state index is 0.0465. The van der Waals surface area contributed by atoms with Gasteiger partial charge in [-0.3, -0.25) is 4.79 Å². The summed E-state index contributed by atoms with van der Waals surface area (Å²) in [5.41, 5.74) is 2.35. The number of hydrogen-bond donors (Lipinski definition) is 0. The maximum Gasteiger partial charge on any atom is 0.132 e. The second-order valence-electron chi connectivity index (χ2n) is 5.71. The topological polar surface area (TPSA) is 35.5 Å². The molecule has 2 aromatic carbocycles. The second-order valence-corrected chi connectivity index (χ2v) is 5.71. The molecule has 23 heavy (non-hydrogen) atoms. The number of ether oxygens (including phenoxy) is 2. The van der Waals surface area contributed by atoms with Crippen molar-refractivity contribution < 1.29 is 14.3 Å². The number of carbonyl (C=O) groups is 1. The maximum absolute atomic E-state index is 11.5. The van der Waals surface area contributed by atoms with Crippen LogP contribution < -0.4 is 4.74 Å². The molecular weight excluding hydrogens is 288 g/mol. The molecule has 0 amide bonds. The van der Waals surface area contributed by atoms with E-state index in [9.17, 15) is 4.79 Å². The van der Waals surface area contributed by atoms with E-state index < -0.39 is 0 Å². The van der Waals surface area contributed by atoms with E-state index in [0.717, 1.165) is 24.2 Å². The molecule has 2 aromatic rings. The molecule has 0 heterocycles. The molecule has 0 aliphatic heterocycles. The van der Waals surface area contributed by atoms with E-state index >= 15 is 0 Å². The van der Waals surface area contributed by atoms with Crippen molar-refractivity contribution >= 4 is 5.78 Å². The summed E-state index contributed by atoms with van der Waals surface area (Å²) >= 11 is 0. The Morgan fingerprint density at radius 2 is 1.70 bits per heavy atom. The predicted octanol–water partition coefficient (Wildman–Crippen LogP) is 4.19. The van der Waals surface area contributed by atoms with Gasteiger partial charge in [0.2, 0.25) is 0 Å². The van der Waals surface area contributed by atoms with Crippen LogP contribution in [0.3, 0.4) is 0 Å². The van der Waals surface area contributed by atoms with E-state index in [1.54, 1.807) is 14.0 Å². The Balaban J connectivity index is 1.88. The van der Waals surface area contributed by atoms with Crippen molar-refractivity contribution in [3.63, 3.8) is 0 Å². The number of aryl methyl sites for hydroxylation is 1. The first-order valence-electron chi connectivity index (χ1n) is 7.95. The van der Waals surface area contributed by atoms with Crippen molar-refractivity contribution in [3.8, 4) is 5.75 Å². The van der Waals surface area contributed by atoms with Crippen LogP contribution in [0.4, 0.5) is 0 Å². The Labute approximate surface area is 138 Å². The van der Waals surface area contributed by atoms with Crippen molar-refractivity contribution in [2.75, 3.05) is 7.11 Å². The van der Waals surface area contributed by atoms with Gasteiger partial charge in [0.25, 0.3) is 0 Å². The lowest BCUT2D eigenvalue weighted by Crippen LogP contribution is -2.17. The summed E-state index contributed by atoms with van der Waals surface area (Å²) in [5.74, 6) is 0.996. The zero-order chi connectivity index (χ0) is 16.5. The minimum Gasteiger partial charge on any atom is -0.497 e. The van der Waals surface area contributed by atoms with Gasteiger partial charge in [0.05, 0.1) is 19.8 Å². The standard InChI is InChI=1S/C20H24O3/c1-16(21)14-20(13-8-17-6-4-3-5-7-17)23-15-18-9-11-19(22-2)12-10-18/h3-7,9-12,20H,8,13-15H2,1-2H3/t20-/m0/s1. The highest BCUT2D eigenvalue weighted by Crippen LogP contribution is 2.16. The lowest BCUT2D eigenvalue weighted by atomic mass is 10.0. The molecule has 0 spiro atoms. The van der Waals surface area contributed by atoms with Crippen LogP contribution in [-0.4, -0.2) is 19.0 Å². The van der Waals surface area contributed by atoms with Crippen LogP contribution in [0.1, 0.15) is 30.9 Å². The van der Waals surface area contributed by atoms with Crippen molar-refractivity contribution in [3.05, 3.63) is 65.7 Å². The van der Waals surface area contributed by atoms with Crippen molar-refractivity contribution in [1.82, 2.24) is 0 Å². The molecule has 0 bridgehead atoms. The molecule has 0 unspecified atom stereocenters. The fraction of sp³-hybridized carbons (Fsp3) is 0.350. The zero-order valence-electron chi connectivity index (χ0n) is 13.8. The summed E-state index contributed by atoms with van der Waals surface area (Å²) in [6.07, 6.45) is 2.18. The molecule has 0 saturated carbocycles. The summed E-state index contributed by atoms with van der Waals surface area (Å²) in [4.78, 5) is 11.5. The van der Waals surface area contributed by atoms with E-state index in [-0.39, 0.29) is 11.9 Å². The second kappa shape index (κ2) is 9.11. The van der Waals surface area contributed by atoms with Gasteiger partial charge in [-0.15, -0.1) is 0 Å². The first-order chi connectivity index (χ1) is 11.2. The third-order valence-electron chi connectivity index (χ3n) is 3.76. The molecule has 0 N–H and O–H groups in total. The van der Waals surface area contributed by atoms with E-state index in [1.807, 2.05) is 42.5 Å².